The number of alkyl halides is 3. The molecule has 14 heteroatoms. The van der Waals surface area contributed by atoms with Gasteiger partial charge in [-0.1, -0.05) is 61.7 Å². The van der Waals surface area contributed by atoms with Crippen molar-refractivity contribution in [3.05, 3.63) is 59.2 Å². The van der Waals surface area contributed by atoms with Crippen molar-refractivity contribution in [3.63, 3.8) is 0 Å². The van der Waals surface area contributed by atoms with E-state index >= 15 is 0 Å². The summed E-state index contributed by atoms with van der Waals surface area (Å²) in [7, 11) is -8.89. The van der Waals surface area contributed by atoms with Crippen molar-refractivity contribution in [2.75, 3.05) is 15.8 Å². The van der Waals surface area contributed by atoms with Crippen molar-refractivity contribution < 1.29 is 40.6 Å². The third-order valence-electron chi connectivity index (χ3n) is 6.56. The van der Waals surface area contributed by atoms with Crippen LogP contribution in [-0.2, 0) is 20.2 Å². The van der Waals surface area contributed by atoms with E-state index in [1.54, 1.807) is 29.0 Å². The number of nitrogens with one attached hydrogen (secondary N) is 2. The average Bonchev–Trinajstić information content (AvgIpc) is 2.81. The van der Waals surface area contributed by atoms with E-state index in [4.69, 9.17) is 0 Å². The molecule has 0 aromatic heterocycles. The molecule has 2 aromatic carbocycles. The minimum absolute atomic E-state index is 0.0299. The van der Waals surface area contributed by atoms with Gasteiger partial charge in [0.15, 0.2) is 17.4 Å². The SMILES string of the molecule is CCCC1(CCC)C(=O)C(C2=NS(O)(O)c3cc(NS(=O)(=O)CC(F)(F)F)ccc3N2)=C(O)c2ccccc21. The zero-order valence-electron chi connectivity index (χ0n) is 21.0. The average molecular weight is 588 g/mol. The van der Waals surface area contributed by atoms with Crippen LogP contribution in [0.2, 0.25) is 0 Å². The summed E-state index contributed by atoms with van der Waals surface area (Å²) in [6, 6.07) is 10.3. The third kappa shape index (κ3) is 5.51. The zero-order valence-corrected chi connectivity index (χ0v) is 22.7. The first kappa shape index (κ1) is 28.9. The molecule has 1 heterocycles. The molecule has 1 aliphatic carbocycles. The first-order chi connectivity index (χ1) is 18.1. The summed E-state index contributed by atoms with van der Waals surface area (Å²) in [6.07, 6.45) is -2.68. The molecule has 5 N–H and O–H groups in total. The Bertz CT molecular complexity index is 1480. The number of ketones is 1. The molecule has 0 radical (unpaired) electrons. The van der Waals surface area contributed by atoms with Crippen molar-refractivity contribution in [1.82, 2.24) is 0 Å². The molecule has 0 saturated heterocycles. The summed E-state index contributed by atoms with van der Waals surface area (Å²) < 4.78 is 89.0. The number of Topliss-reactive ketones (excluding diaryl/α,β-unsaturated/α-hetero) is 1. The number of aliphatic hydroxyl groups is 1. The maximum atomic E-state index is 14.1. The van der Waals surface area contributed by atoms with E-state index in [9.17, 15) is 40.6 Å². The van der Waals surface area contributed by atoms with Gasteiger partial charge in [0.05, 0.1) is 16.8 Å². The van der Waals surface area contributed by atoms with Gasteiger partial charge in [-0.05, 0) is 36.6 Å². The van der Waals surface area contributed by atoms with Crippen LogP contribution in [0.4, 0.5) is 24.5 Å². The number of halogens is 3. The molecule has 39 heavy (non-hydrogen) atoms. The molecule has 0 unspecified atom stereocenters. The Balaban J connectivity index is 1.78. The minimum Gasteiger partial charge on any atom is -0.506 e. The minimum atomic E-state index is -4.98. The molecule has 0 spiro atoms. The predicted octanol–water partition coefficient (Wildman–Crippen LogP) is 6.23. The van der Waals surface area contributed by atoms with Crippen LogP contribution in [-0.4, -0.2) is 46.2 Å². The van der Waals surface area contributed by atoms with Crippen molar-refractivity contribution in [2.24, 2.45) is 4.40 Å². The molecule has 2 aliphatic rings. The lowest BCUT2D eigenvalue weighted by Crippen LogP contribution is -2.44. The second-order valence-corrected chi connectivity index (χ2v) is 12.8. The van der Waals surface area contributed by atoms with Gasteiger partial charge in [-0.25, -0.2) is 8.42 Å². The lowest BCUT2D eigenvalue weighted by atomic mass is 9.63. The Morgan fingerprint density at radius 3 is 2.33 bits per heavy atom. The summed E-state index contributed by atoms with van der Waals surface area (Å²) in [5.74, 6) is -3.20. The Morgan fingerprint density at radius 1 is 1.08 bits per heavy atom. The maximum absolute atomic E-state index is 14.1. The highest BCUT2D eigenvalue weighted by Gasteiger charge is 2.48. The number of benzene rings is 2. The molecule has 1 aliphatic heterocycles. The van der Waals surface area contributed by atoms with Gasteiger partial charge >= 0.3 is 6.18 Å². The summed E-state index contributed by atoms with van der Waals surface area (Å²) in [5.41, 5.74) is -0.392. The van der Waals surface area contributed by atoms with Crippen LogP contribution >= 0.6 is 10.8 Å². The normalized spacial score (nSPS) is 18.9. The number of nitrogens with zero attached hydrogens (tertiary/aromatic N) is 1. The molecule has 0 atom stereocenters. The Kier molecular flexibility index (Phi) is 7.53. The Hall–Kier alpha value is -3.07. The van der Waals surface area contributed by atoms with Crippen LogP contribution in [0.25, 0.3) is 5.76 Å². The third-order valence-corrected chi connectivity index (χ3v) is 9.18. The van der Waals surface area contributed by atoms with Crippen LogP contribution in [0.5, 0.6) is 0 Å². The number of carbonyl (C=O) groups is 1. The van der Waals surface area contributed by atoms with E-state index in [-0.39, 0.29) is 33.4 Å². The zero-order chi connectivity index (χ0) is 28.8. The summed E-state index contributed by atoms with van der Waals surface area (Å²) in [6.45, 7) is 3.88. The topological polar surface area (TPSA) is 148 Å². The predicted molar refractivity (Wildman–Crippen MR) is 145 cm³/mol. The fourth-order valence-corrected chi connectivity index (χ4v) is 7.37. The number of anilines is 2. The van der Waals surface area contributed by atoms with E-state index in [0.717, 1.165) is 12.1 Å². The van der Waals surface area contributed by atoms with E-state index in [2.05, 4.69) is 9.71 Å². The van der Waals surface area contributed by atoms with Crippen LogP contribution in [0, 0.1) is 0 Å². The second-order valence-electron chi connectivity index (χ2n) is 9.45. The smallest absolute Gasteiger partial charge is 0.404 e. The van der Waals surface area contributed by atoms with Crippen molar-refractivity contribution in [2.45, 2.75) is 56.0 Å². The number of amidine groups is 1. The maximum Gasteiger partial charge on any atom is 0.404 e. The molecule has 9 nitrogen and oxygen atoms in total. The highest BCUT2D eigenvalue weighted by atomic mass is 32.3. The first-order valence-electron chi connectivity index (χ1n) is 12.1. The molecule has 0 bridgehead atoms. The summed E-state index contributed by atoms with van der Waals surface area (Å²) in [5, 5.41) is 14.0. The van der Waals surface area contributed by atoms with Gasteiger partial charge < -0.3 is 10.4 Å². The number of hydrogen-bond donors (Lipinski definition) is 5. The van der Waals surface area contributed by atoms with E-state index < -0.39 is 43.9 Å². The van der Waals surface area contributed by atoms with Crippen molar-refractivity contribution in [3.8, 4) is 0 Å². The number of hydrogen-bond acceptors (Lipinski definition) is 8. The van der Waals surface area contributed by atoms with E-state index in [1.807, 2.05) is 13.8 Å². The molecular weight excluding hydrogens is 559 g/mol. The van der Waals surface area contributed by atoms with Crippen molar-refractivity contribution in [1.29, 1.82) is 0 Å². The highest BCUT2D eigenvalue weighted by molar-refractivity contribution is 8.23. The second kappa shape index (κ2) is 10.2. The largest absolute Gasteiger partial charge is 0.506 e. The van der Waals surface area contributed by atoms with E-state index in [1.165, 1.54) is 6.07 Å². The Morgan fingerprint density at radius 2 is 1.72 bits per heavy atom. The van der Waals surface area contributed by atoms with Gasteiger partial charge in [0, 0.05) is 5.56 Å². The quantitative estimate of drug-likeness (QED) is 0.246. The fourth-order valence-electron chi connectivity index (χ4n) is 5.19. The van der Waals surface area contributed by atoms with Crippen LogP contribution in [0.15, 0.2) is 57.3 Å². The van der Waals surface area contributed by atoms with Gasteiger partial charge in [0.25, 0.3) is 0 Å². The summed E-state index contributed by atoms with van der Waals surface area (Å²) >= 11 is 0. The standard InChI is InChI=1S/C25H28F3N3O6S2/c1-3-11-24(12-4-2)17-8-6-5-7-16(17)21(32)20(22(24)33)23-29-18-10-9-15(13-19(18)39(36,37)31-23)30-38(34,35)14-25(26,27)28/h5-10,13,30,32,36-37H,3-4,11-12,14H2,1-2H3,(H,29,31). The van der Waals surface area contributed by atoms with E-state index in [0.29, 0.717) is 36.8 Å². The fraction of sp³-hybridized carbons (Fsp3) is 0.360. The Labute approximate surface area is 225 Å². The molecule has 2 aromatic rings. The van der Waals surface area contributed by atoms with Crippen LogP contribution < -0.4 is 10.0 Å². The molecular formula is C25H28F3N3O6S2. The number of fused-ring (bicyclic) bond motifs is 2. The van der Waals surface area contributed by atoms with Gasteiger partial charge in [0.1, 0.15) is 16.2 Å². The molecule has 0 fully saturated rings. The lowest BCUT2D eigenvalue weighted by molar-refractivity contribution is -0.121. The van der Waals surface area contributed by atoms with Gasteiger partial charge in [0.2, 0.25) is 10.0 Å². The molecule has 0 amide bonds. The lowest BCUT2D eigenvalue weighted by Gasteiger charge is -2.40. The molecule has 0 saturated carbocycles. The van der Waals surface area contributed by atoms with Gasteiger partial charge in [-0.15, -0.1) is 4.40 Å². The van der Waals surface area contributed by atoms with Crippen LogP contribution in [0.3, 0.4) is 0 Å². The molecule has 4 rings (SSSR count). The van der Waals surface area contributed by atoms with Gasteiger partial charge in [-0.3, -0.25) is 18.6 Å². The number of aliphatic hydroxyl groups excluding tert-OH is 1. The van der Waals surface area contributed by atoms with Gasteiger partial charge in [-0.2, -0.15) is 13.2 Å². The number of rotatable bonds is 8. The number of carbonyl (C=O) groups excluding carboxylic acids is 1. The molecule has 212 valence electrons. The van der Waals surface area contributed by atoms with Crippen molar-refractivity contribution >= 4 is 49.6 Å². The summed E-state index contributed by atoms with van der Waals surface area (Å²) in [4.78, 5) is 13.8. The van der Waals surface area contributed by atoms with Crippen LogP contribution in [0.1, 0.15) is 50.7 Å². The number of sulfonamides is 1. The monoisotopic (exact) mass is 587 g/mol. The first-order valence-corrected chi connectivity index (χ1v) is 15.2. The highest BCUT2D eigenvalue weighted by Crippen LogP contribution is 2.57.